The summed E-state index contributed by atoms with van der Waals surface area (Å²) < 4.78 is 0.996. The molecule has 1 nitrogen and oxygen atoms in total. The van der Waals surface area contributed by atoms with Crippen LogP contribution in [0.2, 0.25) is 5.02 Å². The zero-order valence-electron chi connectivity index (χ0n) is 9.45. The number of hydrogen-bond donors (Lipinski definition) is 1. The molecule has 0 aliphatic heterocycles. The van der Waals surface area contributed by atoms with Crippen molar-refractivity contribution < 1.29 is 0 Å². The topological polar surface area (TPSA) is 12.0 Å². The number of rotatable bonds is 3. The van der Waals surface area contributed by atoms with Crippen molar-refractivity contribution in [2.45, 2.75) is 6.04 Å². The normalized spacial score (nSPS) is 12.4. The standard InChI is InChI=1S/C14H13BrClN/c1-17-14(10-5-3-2-4-6-10)11-7-12(15)9-13(16)8-11/h2-9,14,17H,1H3. The minimum Gasteiger partial charge on any atom is -0.309 e. The molecule has 2 rings (SSSR count). The van der Waals surface area contributed by atoms with Crippen molar-refractivity contribution in [2.24, 2.45) is 0 Å². The third kappa shape index (κ3) is 3.09. The van der Waals surface area contributed by atoms with Gasteiger partial charge in [-0.1, -0.05) is 57.9 Å². The monoisotopic (exact) mass is 309 g/mol. The lowest BCUT2D eigenvalue weighted by Gasteiger charge is -2.17. The minimum atomic E-state index is 0.159. The molecular weight excluding hydrogens is 298 g/mol. The summed E-state index contributed by atoms with van der Waals surface area (Å²) in [5, 5.41) is 4.05. The number of hydrogen-bond acceptors (Lipinski definition) is 1. The fraction of sp³-hybridized carbons (Fsp3) is 0.143. The van der Waals surface area contributed by atoms with E-state index in [1.807, 2.05) is 37.4 Å². The van der Waals surface area contributed by atoms with Crippen LogP contribution in [0.5, 0.6) is 0 Å². The van der Waals surface area contributed by atoms with E-state index in [-0.39, 0.29) is 6.04 Å². The molecule has 3 heteroatoms. The second-order valence-electron chi connectivity index (χ2n) is 3.84. The molecule has 0 saturated heterocycles. The highest BCUT2D eigenvalue weighted by Gasteiger charge is 2.12. The summed E-state index contributed by atoms with van der Waals surface area (Å²) in [5.74, 6) is 0. The molecule has 88 valence electrons. The SMILES string of the molecule is CNC(c1ccccc1)c1cc(Cl)cc(Br)c1. The Bertz CT molecular complexity index is 479. The smallest absolute Gasteiger partial charge is 0.0575 e. The third-order valence-corrected chi connectivity index (χ3v) is 3.32. The van der Waals surface area contributed by atoms with Gasteiger partial charge >= 0.3 is 0 Å². The molecule has 0 amide bonds. The molecule has 1 atom stereocenters. The molecule has 0 fully saturated rings. The molecule has 2 aromatic carbocycles. The summed E-state index contributed by atoms with van der Waals surface area (Å²) in [6.45, 7) is 0. The van der Waals surface area contributed by atoms with Crippen LogP contribution in [0, 0.1) is 0 Å². The first kappa shape index (κ1) is 12.6. The van der Waals surface area contributed by atoms with Crippen molar-refractivity contribution in [1.82, 2.24) is 5.32 Å². The molecular formula is C14H13BrClN. The zero-order chi connectivity index (χ0) is 12.3. The number of nitrogens with one attached hydrogen (secondary N) is 1. The maximum Gasteiger partial charge on any atom is 0.0575 e. The minimum absolute atomic E-state index is 0.159. The van der Waals surface area contributed by atoms with Gasteiger partial charge in [-0.3, -0.25) is 0 Å². The quantitative estimate of drug-likeness (QED) is 0.885. The van der Waals surface area contributed by atoms with Gasteiger partial charge in [0.05, 0.1) is 6.04 Å². The lowest BCUT2D eigenvalue weighted by molar-refractivity contribution is 0.691. The molecule has 1 unspecified atom stereocenters. The van der Waals surface area contributed by atoms with E-state index in [1.54, 1.807) is 0 Å². The van der Waals surface area contributed by atoms with E-state index in [0.717, 1.165) is 15.1 Å². The Morgan fingerprint density at radius 3 is 2.35 bits per heavy atom. The molecule has 0 saturated carbocycles. The van der Waals surface area contributed by atoms with Crippen LogP contribution in [-0.4, -0.2) is 7.05 Å². The summed E-state index contributed by atoms with van der Waals surface area (Å²) in [6, 6.07) is 16.4. The predicted molar refractivity (Wildman–Crippen MR) is 76.5 cm³/mol. The fourth-order valence-electron chi connectivity index (χ4n) is 1.91. The summed E-state index contributed by atoms with van der Waals surface area (Å²) in [7, 11) is 1.95. The Labute approximate surface area is 115 Å². The Hall–Kier alpha value is -0.830. The van der Waals surface area contributed by atoms with Crippen LogP contribution in [0.4, 0.5) is 0 Å². The molecule has 2 aromatic rings. The molecule has 0 spiro atoms. The van der Waals surface area contributed by atoms with Crippen LogP contribution < -0.4 is 5.32 Å². The average Bonchev–Trinajstić information content (AvgIpc) is 2.30. The van der Waals surface area contributed by atoms with Crippen molar-refractivity contribution in [3.63, 3.8) is 0 Å². The van der Waals surface area contributed by atoms with Gasteiger partial charge in [0.1, 0.15) is 0 Å². The van der Waals surface area contributed by atoms with Gasteiger partial charge in [0.25, 0.3) is 0 Å². The van der Waals surface area contributed by atoms with Crippen LogP contribution in [0.1, 0.15) is 17.2 Å². The second kappa shape index (κ2) is 5.67. The van der Waals surface area contributed by atoms with Gasteiger partial charge in [0.2, 0.25) is 0 Å². The highest BCUT2D eigenvalue weighted by Crippen LogP contribution is 2.27. The first-order valence-electron chi connectivity index (χ1n) is 5.39. The maximum atomic E-state index is 6.08. The van der Waals surface area contributed by atoms with Gasteiger partial charge in [0, 0.05) is 9.50 Å². The van der Waals surface area contributed by atoms with E-state index < -0.39 is 0 Å². The first-order chi connectivity index (χ1) is 8.20. The molecule has 0 aliphatic rings. The van der Waals surface area contributed by atoms with E-state index in [1.165, 1.54) is 5.56 Å². The van der Waals surface area contributed by atoms with Gasteiger partial charge in [0.15, 0.2) is 0 Å². The van der Waals surface area contributed by atoms with E-state index in [4.69, 9.17) is 11.6 Å². The van der Waals surface area contributed by atoms with Crippen molar-refractivity contribution in [2.75, 3.05) is 7.05 Å². The Kier molecular flexibility index (Phi) is 4.21. The molecule has 0 bridgehead atoms. The molecule has 0 aliphatic carbocycles. The van der Waals surface area contributed by atoms with Crippen molar-refractivity contribution in [1.29, 1.82) is 0 Å². The largest absolute Gasteiger partial charge is 0.309 e. The first-order valence-corrected chi connectivity index (χ1v) is 6.56. The lowest BCUT2D eigenvalue weighted by atomic mass is 9.99. The van der Waals surface area contributed by atoms with E-state index >= 15 is 0 Å². The maximum absolute atomic E-state index is 6.08. The molecule has 1 N–H and O–H groups in total. The van der Waals surface area contributed by atoms with Gasteiger partial charge in [-0.25, -0.2) is 0 Å². The van der Waals surface area contributed by atoms with E-state index in [0.29, 0.717) is 0 Å². The average molecular weight is 311 g/mol. The van der Waals surface area contributed by atoms with Crippen LogP contribution in [0.15, 0.2) is 53.0 Å². The summed E-state index contributed by atoms with van der Waals surface area (Å²) in [5.41, 5.74) is 2.38. The third-order valence-electron chi connectivity index (χ3n) is 2.64. The summed E-state index contributed by atoms with van der Waals surface area (Å²) in [6.07, 6.45) is 0. The Morgan fingerprint density at radius 1 is 1.06 bits per heavy atom. The van der Waals surface area contributed by atoms with Crippen molar-refractivity contribution >= 4 is 27.5 Å². The van der Waals surface area contributed by atoms with E-state index in [2.05, 4.69) is 39.4 Å². The van der Waals surface area contributed by atoms with Gasteiger partial charge in [-0.2, -0.15) is 0 Å². The predicted octanol–water partition coefficient (Wildman–Crippen LogP) is 4.41. The lowest BCUT2D eigenvalue weighted by Crippen LogP contribution is -2.17. The molecule has 0 aromatic heterocycles. The number of benzene rings is 2. The van der Waals surface area contributed by atoms with Gasteiger partial charge in [-0.05, 0) is 36.4 Å². The van der Waals surface area contributed by atoms with Gasteiger partial charge in [-0.15, -0.1) is 0 Å². The van der Waals surface area contributed by atoms with Crippen molar-refractivity contribution in [3.8, 4) is 0 Å². The zero-order valence-corrected chi connectivity index (χ0v) is 11.8. The van der Waals surface area contributed by atoms with Crippen LogP contribution in [0.3, 0.4) is 0 Å². The van der Waals surface area contributed by atoms with Crippen LogP contribution in [-0.2, 0) is 0 Å². The van der Waals surface area contributed by atoms with Crippen molar-refractivity contribution in [3.05, 3.63) is 69.2 Å². The highest BCUT2D eigenvalue weighted by atomic mass is 79.9. The molecule has 0 heterocycles. The Morgan fingerprint density at radius 2 is 1.76 bits per heavy atom. The molecule has 17 heavy (non-hydrogen) atoms. The fourth-order valence-corrected chi connectivity index (χ4v) is 2.80. The summed E-state index contributed by atoms with van der Waals surface area (Å²) in [4.78, 5) is 0. The van der Waals surface area contributed by atoms with Crippen LogP contribution in [0.25, 0.3) is 0 Å². The number of halogens is 2. The van der Waals surface area contributed by atoms with Crippen LogP contribution >= 0.6 is 27.5 Å². The summed E-state index contributed by atoms with van der Waals surface area (Å²) >= 11 is 9.55. The van der Waals surface area contributed by atoms with E-state index in [9.17, 15) is 0 Å². The molecule has 0 radical (unpaired) electrons. The highest BCUT2D eigenvalue weighted by molar-refractivity contribution is 9.10. The Balaban J connectivity index is 2.42. The second-order valence-corrected chi connectivity index (χ2v) is 5.19. The van der Waals surface area contributed by atoms with Gasteiger partial charge < -0.3 is 5.32 Å².